The Morgan fingerprint density at radius 3 is 3.00 bits per heavy atom. The maximum atomic E-state index is 3.93. The van der Waals surface area contributed by atoms with Crippen molar-refractivity contribution in [2.24, 2.45) is 0 Å². The van der Waals surface area contributed by atoms with E-state index in [-0.39, 0.29) is 0 Å². The molecule has 1 heterocycles. The molecule has 1 fully saturated rings. The Morgan fingerprint density at radius 1 is 1.60 bits per heavy atom. The maximum Gasteiger partial charge on any atom is 0.0920 e. The van der Waals surface area contributed by atoms with E-state index in [0.29, 0.717) is 0 Å². The molecule has 0 atom stereocenters. The summed E-state index contributed by atoms with van der Waals surface area (Å²) in [6, 6.07) is 2.11. The third-order valence-corrected chi connectivity index (χ3v) is 2.01. The van der Waals surface area contributed by atoms with Crippen molar-refractivity contribution in [3.8, 4) is 0 Å². The molecular formula is C9H10N. The van der Waals surface area contributed by atoms with Crippen LogP contribution in [0.15, 0.2) is 12.3 Å². The Hall–Kier alpha value is -0.850. The van der Waals surface area contributed by atoms with Crippen LogP contribution in [0.3, 0.4) is 0 Å². The van der Waals surface area contributed by atoms with Crippen molar-refractivity contribution < 1.29 is 0 Å². The van der Waals surface area contributed by atoms with Crippen LogP contribution in [-0.4, -0.2) is 4.98 Å². The van der Waals surface area contributed by atoms with Crippen LogP contribution in [0.1, 0.15) is 29.9 Å². The molecule has 1 aliphatic carbocycles. The molecule has 0 bridgehead atoms. The third kappa shape index (κ3) is 0.919. The van der Waals surface area contributed by atoms with Gasteiger partial charge in [-0.2, -0.15) is 0 Å². The zero-order valence-electron chi connectivity index (χ0n) is 6.09. The smallest absolute Gasteiger partial charge is 0.0920 e. The van der Waals surface area contributed by atoms with Crippen LogP contribution < -0.4 is 0 Å². The Balaban J connectivity index is 2.39. The predicted octanol–water partition coefficient (Wildman–Crippen LogP) is 2.07. The summed E-state index contributed by atoms with van der Waals surface area (Å²) in [7, 11) is 0. The molecule has 0 spiro atoms. The largest absolute Gasteiger partial charge is 0.254 e. The molecule has 0 amide bonds. The van der Waals surface area contributed by atoms with E-state index in [9.17, 15) is 0 Å². The highest BCUT2D eigenvalue weighted by atomic mass is 14.6. The minimum Gasteiger partial charge on any atom is -0.254 e. The van der Waals surface area contributed by atoms with Gasteiger partial charge in [0.1, 0.15) is 0 Å². The molecule has 1 nitrogen and oxygen atoms in total. The molecule has 1 aliphatic rings. The Morgan fingerprint density at radius 2 is 2.40 bits per heavy atom. The number of rotatable bonds is 1. The lowest BCUT2D eigenvalue weighted by Crippen LogP contribution is -1.85. The van der Waals surface area contributed by atoms with Gasteiger partial charge in [-0.1, -0.05) is 0 Å². The van der Waals surface area contributed by atoms with E-state index in [0.717, 1.165) is 5.92 Å². The molecule has 1 heteroatoms. The van der Waals surface area contributed by atoms with Gasteiger partial charge in [0.25, 0.3) is 0 Å². The lowest BCUT2D eigenvalue weighted by Gasteiger charge is -1.99. The number of aromatic nitrogens is 1. The topological polar surface area (TPSA) is 12.9 Å². The molecule has 1 aromatic rings. The van der Waals surface area contributed by atoms with E-state index in [2.05, 4.69) is 24.2 Å². The average Bonchev–Trinajstić information content (AvgIpc) is 2.71. The summed E-state index contributed by atoms with van der Waals surface area (Å²) in [5.41, 5.74) is 2.68. The monoisotopic (exact) mass is 132 g/mol. The van der Waals surface area contributed by atoms with Gasteiger partial charge < -0.3 is 0 Å². The average molecular weight is 132 g/mol. The van der Waals surface area contributed by atoms with Crippen molar-refractivity contribution in [2.75, 3.05) is 0 Å². The fraction of sp³-hybridized carbons (Fsp3) is 0.444. The molecular weight excluding hydrogens is 122 g/mol. The van der Waals surface area contributed by atoms with Crippen LogP contribution in [0.2, 0.25) is 0 Å². The SMILES string of the molecule is Cc1[c]nccc1C1CC1. The van der Waals surface area contributed by atoms with E-state index < -0.39 is 0 Å². The second-order valence-corrected chi connectivity index (χ2v) is 2.91. The van der Waals surface area contributed by atoms with Gasteiger partial charge in [0.05, 0.1) is 6.20 Å². The zero-order chi connectivity index (χ0) is 6.97. The van der Waals surface area contributed by atoms with Gasteiger partial charge in [-0.25, -0.2) is 0 Å². The standard InChI is InChI=1S/C9H10N/c1-7-6-10-5-4-9(7)8-2-3-8/h4-5,8H,2-3H2,1H3. The quantitative estimate of drug-likeness (QED) is 0.570. The first-order valence-corrected chi connectivity index (χ1v) is 3.71. The molecule has 2 rings (SSSR count). The lowest BCUT2D eigenvalue weighted by atomic mass is 10.1. The maximum absolute atomic E-state index is 3.93. The van der Waals surface area contributed by atoms with Crippen molar-refractivity contribution in [3.63, 3.8) is 0 Å². The normalized spacial score (nSPS) is 17.3. The van der Waals surface area contributed by atoms with Gasteiger partial charge in [-0.05, 0) is 42.9 Å². The van der Waals surface area contributed by atoms with Crippen LogP contribution in [-0.2, 0) is 0 Å². The number of aryl methyl sites for hydroxylation is 1. The number of nitrogens with zero attached hydrogens (tertiary/aromatic N) is 1. The fourth-order valence-corrected chi connectivity index (χ4v) is 1.28. The fourth-order valence-electron chi connectivity index (χ4n) is 1.28. The summed E-state index contributed by atoms with van der Waals surface area (Å²) in [5, 5.41) is 0. The van der Waals surface area contributed by atoms with Crippen molar-refractivity contribution in [3.05, 3.63) is 29.6 Å². The Labute approximate surface area is 61.1 Å². The van der Waals surface area contributed by atoms with E-state index in [1.165, 1.54) is 24.0 Å². The summed E-state index contributed by atoms with van der Waals surface area (Å²) in [4.78, 5) is 3.93. The molecule has 0 aromatic carbocycles. The summed E-state index contributed by atoms with van der Waals surface area (Å²) in [6.07, 6.45) is 7.52. The second-order valence-electron chi connectivity index (χ2n) is 2.91. The first-order valence-electron chi connectivity index (χ1n) is 3.71. The van der Waals surface area contributed by atoms with E-state index >= 15 is 0 Å². The third-order valence-electron chi connectivity index (χ3n) is 2.01. The summed E-state index contributed by atoms with van der Waals surface area (Å²) in [5.74, 6) is 0.833. The van der Waals surface area contributed by atoms with Crippen LogP contribution >= 0.6 is 0 Å². The lowest BCUT2D eigenvalue weighted by molar-refractivity contribution is 1.07. The highest BCUT2D eigenvalue weighted by molar-refractivity contribution is 5.28. The summed E-state index contributed by atoms with van der Waals surface area (Å²) in [6.45, 7) is 2.08. The van der Waals surface area contributed by atoms with Gasteiger partial charge in [-0.3, -0.25) is 4.98 Å². The first-order chi connectivity index (χ1) is 4.88. The Kier molecular flexibility index (Phi) is 1.23. The highest BCUT2D eigenvalue weighted by Crippen LogP contribution is 2.40. The van der Waals surface area contributed by atoms with Gasteiger partial charge in [0, 0.05) is 6.20 Å². The van der Waals surface area contributed by atoms with Crippen LogP contribution in [0.4, 0.5) is 0 Å². The van der Waals surface area contributed by atoms with Crippen molar-refractivity contribution in [1.82, 2.24) is 4.98 Å². The van der Waals surface area contributed by atoms with Crippen LogP contribution in [0.25, 0.3) is 0 Å². The number of hydrogen-bond donors (Lipinski definition) is 0. The van der Waals surface area contributed by atoms with Crippen LogP contribution in [0, 0.1) is 13.1 Å². The Bertz CT molecular complexity index is 238. The molecule has 1 aromatic heterocycles. The zero-order valence-corrected chi connectivity index (χ0v) is 6.09. The van der Waals surface area contributed by atoms with Crippen molar-refractivity contribution >= 4 is 0 Å². The molecule has 1 saturated carbocycles. The summed E-state index contributed by atoms with van der Waals surface area (Å²) < 4.78 is 0. The molecule has 10 heavy (non-hydrogen) atoms. The second kappa shape index (κ2) is 2.08. The van der Waals surface area contributed by atoms with Gasteiger partial charge in [0.2, 0.25) is 0 Å². The molecule has 0 saturated heterocycles. The molecule has 1 radical (unpaired) electrons. The molecule has 0 N–H and O–H groups in total. The predicted molar refractivity (Wildman–Crippen MR) is 39.8 cm³/mol. The summed E-state index contributed by atoms with van der Waals surface area (Å²) >= 11 is 0. The minimum absolute atomic E-state index is 0.833. The number of pyridine rings is 1. The van der Waals surface area contributed by atoms with Crippen LogP contribution in [0.5, 0.6) is 0 Å². The molecule has 51 valence electrons. The van der Waals surface area contributed by atoms with E-state index in [1.54, 1.807) is 0 Å². The van der Waals surface area contributed by atoms with Gasteiger partial charge in [0.15, 0.2) is 0 Å². The van der Waals surface area contributed by atoms with E-state index in [4.69, 9.17) is 0 Å². The highest BCUT2D eigenvalue weighted by Gasteiger charge is 2.24. The first kappa shape index (κ1) is 5.90. The number of hydrogen-bond acceptors (Lipinski definition) is 1. The molecule has 0 aliphatic heterocycles. The van der Waals surface area contributed by atoms with Crippen molar-refractivity contribution in [2.45, 2.75) is 25.7 Å². The molecule has 0 unspecified atom stereocenters. The van der Waals surface area contributed by atoms with Gasteiger partial charge in [-0.15, -0.1) is 0 Å². The minimum atomic E-state index is 0.833. The van der Waals surface area contributed by atoms with E-state index in [1.807, 2.05) is 6.20 Å². The van der Waals surface area contributed by atoms with Crippen molar-refractivity contribution in [1.29, 1.82) is 0 Å². The van der Waals surface area contributed by atoms with Gasteiger partial charge >= 0.3 is 0 Å².